The van der Waals surface area contributed by atoms with Gasteiger partial charge in [-0.3, -0.25) is 0 Å². The molecule has 0 bridgehead atoms. The molecule has 12 heavy (non-hydrogen) atoms. The van der Waals surface area contributed by atoms with Crippen molar-refractivity contribution in [3.05, 3.63) is 17.9 Å². The maximum Gasteiger partial charge on any atom is 0.189 e. The van der Waals surface area contributed by atoms with E-state index in [-0.39, 0.29) is 17.1 Å². The van der Waals surface area contributed by atoms with Crippen molar-refractivity contribution in [2.24, 2.45) is 0 Å². The van der Waals surface area contributed by atoms with Gasteiger partial charge in [0.15, 0.2) is 11.6 Å². The number of nitrogens with two attached hydrogens (primary N) is 2. The molecule has 0 aliphatic rings. The van der Waals surface area contributed by atoms with Gasteiger partial charge in [0.1, 0.15) is 0 Å². The van der Waals surface area contributed by atoms with Gasteiger partial charge in [-0.2, -0.15) is 0 Å². The normalized spacial score (nSPS) is 9.83. The Balaban J connectivity index is 3.08. The molecule has 0 aliphatic carbocycles. The van der Waals surface area contributed by atoms with Crippen LogP contribution < -0.4 is 16.2 Å². The molecule has 0 saturated carbocycles. The molecule has 0 saturated heterocycles. The lowest BCUT2D eigenvalue weighted by atomic mass is 10.2. The summed E-state index contributed by atoms with van der Waals surface area (Å²) in [6, 6.07) is 2.98. The highest BCUT2D eigenvalue weighted by molar-refractivity contribution is 5.66. The van der Waals surface area contributed by atoms with Gasteiger partial charge in [0.25, 0.3) is 0 Å². The standard InChI is InChI=1S/C8H11FN2O/c1-2-12-6-4-3-5(10)8(11)7(6)9/h3-4H,2,10-11H2,1H3. The highest BCUT2D eigenvalue weighted by Gasteiger charge is 2.08. The Morgan fingerprint density at radius 2 is 2.08 bits per heavy atom. The zero-order valence-corrected chi connectivity index (χ0v) is 6.80. The Hall–Kier alpha value is -1.45. The van der Waals surface area contributed by atoms with Gasteiger partial charge in [0, 0.05) is 0 Å². The SMILES string of the molecule is CCOc1ccc(N)c(N)c1F. The lowest BCUT2D eigenvalue weighted by molar-refractivity contribution is 0.322. The molecule has 0 atom stereocenters. The number of ether oxygens (including phenoxy) is 1. The summed E-state index contributed by atoms with van der Waals surface area (Å²) in [5, 5.41) is 0. The monoisotopic (exact) mass is 170 g/mol. The first-order valence-electron chi connectivity index (χ1n) is 3.63. The van der Waals surface area contributed by atoms with Gasteiger partial charge in [-0.15, -0.1) is 0 Å². The summed E-state index contributed by atoms with van der Waals surface area (Å²) in [7, 11) is 0. The highest BCUT2D eigenvalue weighted by Crippen LogP contribution is 2.27. The van der Waals surface area contributed by atoms with Crippen LogP contribution in [0.3, 0.4) is 0 Å². The van der Waals surface area contributed by atoms with E-state index < -0.39 is 5.82 Å². The Morgan fingerprint density at radius 1 is 1.42 bits per heavy atom. The fourth-order valence-corrected chi connectivity index (χ4v) is 0.855. The van der Waals surface area contributed by atoms with Crippen LogP contribution in [0.2, 0.25) is 0 Å². The molecule has 0 amide bonds. The topological polar surface area (TPSA) is 61.3 Å². The molecule has 4 N–H and O–H groups in total. The molecule has 0 unspecified atom stereocenters. The molecule has 3 nitrogen and oxygen atoms in total. The number of hydrogen-bond donors (Lipinski definition) is 2. The Labute approximate surface area is 70.1 Å². The molecule has 0 aliphatic heterocycles. The van der Waals surface area contributed by atoms with E-state index in [1.54, 1.807) is 6.92 Å². The molecule has 66 valence electrons. The zero-order valence-electron chi connectivity index (χ0n) is 6.80. The summed E-state index contributed by atoms with van der Waals surface area (Å²) in [6.45, 7) is 2.17. The van der Waals surface area contributed by atoms with E-state index in [4.69, 9.17) is 16.2 Å². The summed E-state index contributed by atoms with van der Waals surface area (Å²) in [5.41, 5.74) is 10.9. The fraction of sp³-hybridized carbons (Fsp3) is 0.250. The molecule has 0 fully saturated rings. The van der Waals surface area contributed by atoms with E-state index in [1.807, 2.05) is 0 Å². The van der Waals surface area contributed by atoms with Crippen molar-refractivity contribution in [3.63, 3.8) is 0 Å². The summed E-state index contributed by atoms with van der Waals surface area (Å²) in [6.07, 6.45) is 0. The predicted molar refractivity (Wildman–Crippen MR) is 46.4 cm³/mol. The Kier molecular flexibility index (Phi) is 2.38. The minimum atomic E-state index is -0.586. The molecular formula is C8H11FN2O. The number of benzene rings is 1. The summed E-state index contributed by atoms with van der Waals surface area (Å²) in [4.78, 5) is 0. The Bertz CT molecular complexity index is 289. The molecular weight excluding hydrogens is 159 g/mol. The second kappa shape index (κ2) is 3.30. The van der Waals surface area contributed by atoms with Crippen molar-refractivity contribution in [1.29, 1.82) is 0 Å². The van der Waals surface area contributed by atoms with Gasteiger partial charge in [-0.05, 0) is 19.1 Å². The van der Waals surface area contributed by atoms with Crippen molar-refractivity contribution >= 4 is 11.4 Å². The molecule has 0 aromatic heterocycles. The van der Waals surface area contributed by atoms with Gasteiger partial charge in [-0.1, -0.05) is 0 Å². The van der Waals surface area contributed by atoms with Crippen LogP contribution in [0, 0.1) is 5.82 Å². The summed E-state index contributed by atoms with van der Waals surface area (Å²) in [5.74, 6) is -0.443. The van der Waals surface area contributed by atoms with Gasteiger partial charge in [0.05, 0.1) is 18.0 Å². The van der Waals surface area contributed by atoms with Gasteiger partial charge in [-0.25, -0.2) is 4.39 Å². The zero-order chi connectivity index (χ0) is 9.14. The van der Waals surface area contributed by atoms with E-state index >= 15 is 0 Å². The van der Waals surface area contributed by atoms with Crippen molar-refractivity contribution in [3.8, 4) is 5.75 Å². The van der Waals surface area contributed by atoms with E-state index in [0.29, 0.717) is 6.61 Å². The van der Waals surface area contributed by atoms with Crippen LogP contribution in [0.4, 0.5) is 15.8 Å². The second-order valence-electron chi connectivity index (χ2n) is 2.31. The van der Waals surface area contributed by atoms with Crippen molar-refractivity contribution in [1.82, 2.24) is 0 Å². The van der Waals surface area contributed by atoms with Crippen LogP contribution >= 0.6 is 0 Å². The van der Waals surface area contributed by atoms with Crippen molar-refractivity contribution in [2.75, 3.05) is 18.1 Å². The second-order valence-corrected chi connectivity index (χ2v) is 2.31. The first-order valence-corrected chi connectivity index (χ1v) is 3.63. The maximum absolute atomic E-state index is 13.1. The number of nitrogen functional groups attached to an aromatic ring is 2. The number of rotatable bonds is 2. The summed E-state index contributed by atoms with van der Waals surface area (Å²) >= 11 is 0. The lowest BCUT2D eigenvalue weighted by Crippen LogP contribution is -2.01. The fourth-order valence-electron chi connectivity index (χ4n) is 0.855. The average molecular weight is 170 g/mol. The molecule has 1 aromatic rings. The minimum Gasteiger partial charge on any atom is -0.491 e. The van der Waals surface area contributed by atoms with E-state index in [9.17, 15) is 4.39 Å². The summed E-state index contributed by atoms with van der Waals surface area (Å²) < 4.78 is 18.1. The van der Waals surface area contributed by atoms with Crippen molar-refractivity contribution in [2.45, 2.75) is 6.92 Å². The third-order valence-electron chi connectivity index (χ3n) is 1.48. The van der Waals surface area contributed by atoms with Crippen LogP contribution in [-0.4, -0.2) is 6.61 Å². The van der Waals surface area contributed by atoms with Crippen LogP contribution in [0.25, 0.3) is 0 Å². The smallest absolute Gasteiger partial charge is 0.189 e. The number of hydrogen-bond acceptors (Lipinski definition) is 3. The van der Waals surface area contributed by atoms with Gasteiger partial charge in [0.2, 0.25) is 0 Å². The molecule has 1 rings (SSSR count). The number of halogens is 1. The molecule has 0 spiro atoms. The van der Waals surface area contributed by atoms with Crippen molar-refractivity contribution < 1.29 is 9.13 Å². The van der Waals surface area contributed by atoms with Gasteiger partial charge < -0.3 is 16.2 Å². The predicted octanol–water partition coefficient (Wildman–Crippen LogP) is 1.39. The lowest BCUT2D eigenvalue weighted by Gasteiger charge is -2.07. The van der Waals surface area contributed by atoms with E-state index in [2.05, 4.69) is 0 Å². The Morgan fingerprint density at radius 3 is 2.67 bits per heavy atom. The molecule has 0 radical (unpaired) electrons. The average Bonchev–Trinajstić information content (AvgIpc) is 2.07. The largest absolute Gasteiger partial charge is 0.491 e. The van der Waals surface area contributed by atoms with E-state index in [1.165, 1.54) is 12.1 Å². The van der Waals surface area contributed by atoms with Crippen LogP contribution in [-0.2, 0) is 0 Å². The molecule has 4 heteroatoms. The first kappa shape index (κ1) is 8.64. The first-order chi connectivity index (χ1) is 5.66. The maximum atomic E-state index is 13.1. The van der Waals surface area contributed by atoms with E-state index in [0.717, 1.165) is 0 Å². The van der Waals surface area contributed by atoms with Crippen LogP contribution in [0.1, 0.15) is 6.92 Å². The third-order valence-corrected chi connectivity index (χ3v) is 1.48. The third kappa shape index (κ3) is 1.42. The molecule has 0 heterocycles. The highest BCUT2D eigenvalue weighted by atomic mass is 19.1. The van der Waals surface area contributed by atoms with Gasteiger partial charge >= 0.3 is 0 Å². The van der Waals surface area contributed by atoms with Crippen LogP contribution in [0.5, 0.6) is 5.75 Å². The number of anilines is 2. The quantitative estimate of drug-likeness (QED) is 0.659. The minimum absolute atomic E-state index is 0.0547. The molecule has 1 aromatic carbocycles. The van der Waals surface area contributed by atoms with Crippen LogP contribution in [0.15, 0.2) is 12.1 Å².